The third-order valence-corrected chi connectivity index (χ3v) is 3.60. The highest BCUT2D eigenvalue weighted by atomic mass is 79.9. The molecule has 0 bridgehead atoms. The fourth-order valence-electron chi connectivity index (χ4n) is 1.51. The molecule has 0 radical (unpaired) electrons. The molecule has 1 aromatic carbocycles. The van der Waals surface area contributed by atoms with E-state index in [2.05, 4.69) is 26.1 Å². The molecule has 0 aliphatic rings. The van der Waals surface area contributed by atoms with E-state index in [1.165, 1.54) is 0 Å². The Hall–Kier alpha value is -1.89. The van der Waals surface area contributed by atoms with Gasteiger partial charge in [0.25, 0.3) is 5.91 Å². The minimum atomic E-state index is -0.514. The van der Waals surface area contributed by atoms with Crippen molar-refractivity contribution in [3.63, 3.8) is 0 Å². The summed E-state index contributed by atoms with van der Waals surface area (Å²) < 4.78 is 10.4. The van der Waals surface area contributed by atoms with Gasteiger partial charge in [-0.3, -0.25) is 4.79 Å². The van der Waals surface area contributed by atoms with Crippen LogP contribution in [-0.2, 0) is 4.79 Å². The summed E-state index contributed by atoms with van der Waals surface area (Å²) in [5, 5.41) is 3.93. The van der Waals surface area contributed by atoms with E-state index in [0.717, 1.165) is 12.0 Å². The Balaban J connectivity index is 2.09. The molecule has 2 rings (SSSR count). The monoisotopic (exact) mass is 339 g/mol. The van der Waals surface area contributed by atoms with Crippen molar-refractivity contribution in [3.05, 3.63) is 30.2 Å². The molecule has 20 heavy (non-hydrogen) atoms. The lowest BCUT2D eigenvalue weighted by Crippen LogP contribution is -2.19. The topological polar surface area (TPSA) is 91.2 Å². The van der Waals surface area contributed by atoms with Gasteiger partial charge in [-0.2, -0.15) is 4.98 Å². The van der Waals surface area contributed by atoms with Crippen LogP contribution in [0.2, 0.25) is 0 Å². The number of amides is 1. The van der Waals surface area contributed by atoms with E-state index >= 15 is 0 Å². The summed E-state index contributed by atoms with van der Waals surface area (Å²) in [6.07, 6.45) is 0.863. The fraction of sp³-hybridized carbons (Fsp3) is 0.308. The molecule has 1 unspecified atom stereocenters. The Kier molecular flexibility index (Phi) is 4.73. The molecule has 0 spiro atoms. The minimum absolute atomic E-state index is 0.0573. The smallest absolute Gasteiger partial charge is 0.255 e. The zero-order valence-corrected chi connectivity index (χ0v) is 12.5. The average Bonchev–Trinajstić information content (AvgIpc) is 2.94. The summed E-state index contributed by atoms with van der Waals surface area (Å²) in [6, 6.07) is 7.03. The van der Waals surface area contributed by atoms with E-state index in [0.29, 0.717) is 17.5 Å². The molecule has 0 fully saturated rings. The first-order chi connectivity index (χ1) is 9.60. The first-order valence-corrected chi connectivity index (χ1v) is 7.01. The van der Waals surface area contributed by atoms with Gasteiger partial charge < -0.3 is 15.0 Å². The van der Waals surface area contributed by atoms with E-state index in [1.54, 1.807) is 24.3 Å². The Morgan fingerprint density at radius 3 is 2.75 bits per heavy atom. The van der Waals surface area contributed by atoms with Crippen LogP contribution in [0.15, 0.2) is 28.8 Å². The van der Waals surface area contributed by atoms with Crippen molar-refractivity contribution in [3.8, 4) is 17.1 Å². The number of rotatable bonds is 6. The van der Waals surface area contributed by atoms with Crippen LogP contribution in [-0.4, -0.2) is 22.7 Å². The average molecular weight is 340 g/mol. The van der Waals surface area contributed by atoms with Crippen molar-refractivity contribution in [2.75, 3.05) is 6.61 Å². The van der Waals surface area contributed by atoms with Gasteiger partial charge >= 0.3 is 0 Å². The van der Waals surface area contributed by atoms with Crippen molar-refractivity contribution < 1.29 is 14.1 Å². The molecule has 1 amide bonds. The number of primary amides is 1. The summed E-state index contributed by atoms with van der Waals surface area (Å²) in [7, 11) is 0. The fourth-order valence-corrected chi connectivity index (χ4v) is 1.69. The SMILES string of the molecule is CCC(Br)c1nc(-c2ccc(OCC(N)=O)cc2)no1. The molecular formula is C13H14BrN3O3. The number of carbonyl (C=O) groups excluding carboxylic acids is 1. The number of hydrogen-bond acceptors (Lipinski definition) is 5. The predicted octanol–water partition coefficient (Wildman–Crippen LogP) is 2.45. The third kappa shape index (κ3) is 3.57. The Morgan fingerprint density at radius 1 is 1.45 bits per heavy atom. The molecule has 7 heteroatoms. The van der Waals surface area contributed by atoms with Gasteiger partial charge in [0.2, 0.25) is 11.7 Å². The number of alkyl halides is 1. The van der Waals surface area contributed by atoms with Crippen molar-refractivity contribution in [1.82, 2.24) is 10.1 Å². The van der Waals surface area contributed by atoms with Crippen LogP contribution >= 0.6 is 15.9 Å². The second-order valence-electron chi connectivity index (χ2n) is 4.11. The van der Waals surface area contributed by atoms with E-state index in [-0.39, 0.29) is 11.4 Å². The van der Waals surface area contributed by atoms with Gasteiger partial charge in [-0.15, -0.1) is 0 Å². The van der Waals surface area contributed by atoms with E-state index in [4.69, 9.17) is 15.0 Å². The minimum Gasteiger partial charge on any atom is -0.484 e. The zero-order chi connectivity index (χ0) is 14.5. The third-order valence-electron chi connectivity index (χ3n) is 2.56. The number of halogens is 1. The number of carbonyl (C=O) groups is 1. The van der Waals surface area contributed by atoms with Crippen LogP contribution in [0.4, 0.5) is 0 Å². The second kappa shape index (κ2) is 6.51. The number of nitrogens with zero attached hydrogens (tertiary/aromatic N) is 2. The maximum Gasteiger partial charge on any atom is 0.255 e. The lowest BCUT2D eigenvalue weighted by atomic mass is 10.2. The van der Waals surface area contributed by atoms with Gasteiger partial charge in [-0.05, 0) is 30.7 Å². The van der Waals surface area contributed by atoms with Crippen LogP contribution in [0, 0.1) is 0 Å². The summed E-state index contributed by atoms with van der Waals surface area (Å²) >= 11 is 3.46. The predicted molar refractivity (Wildman–Crippen MR) is 76.4 cm³/mol. The molecular weight excluding hydrogens is 326 g/mol. The van der Waals surface area contributed by atoms with Crippen molar-refractivity contribution in [2.45, 2.75) is 18.2 Å². The first-order valence-electron chi connectivity index (χ1n) is 6.09. The van der Waals surface area contributed by atoms with Gasteiger partial charge in [0.15, 0.2) is 6.61 Å². The summed E-state index contributed by atoms with van der Waals surface area (Å²) in [5.41, 5.74) is 5.81. The maximum atomic E-state index is 10.6. The Labute approximate surface area is 124 Å². The summed E-state index contributed by atoms with van der Waals surface area (Å²) in [4.78, 5) is 15.0. The zero-order valence-electron chi connectivity index (χ0n) is 10.9. The van der Waals surface area contributed by atoms with E-state index in [9.17, 15) is 4.79 Å². The summed E-state index contributed by atoms with van der Waals surface area (Å²) in [6.45, 7) is 1.88. The largest absolute Gasteiger partial charge is 0.484 e. The second-order valence-corrected chi connectivity index (χ2v) is 5.22. The maximum absolute atomic E-state index is 10.6. The van der Waals surface area contributed by atoms with Gasteiger partial charge in [0.05, 0.1) is 4.83 Å². The molecule has 1 heterocycles. The van der Waals surface area contributed by atoms with Crippen LogP contribution in [0.25, 0.3) is 11.4 Å². The quantitative estimate of drug-likeness (QED) is 0.816. The normalized spacial score (nSPS) is 12.1. The highest BCUT2D eigenvalue weighted by molar-refractivity contribution is 9.09. The lowest BCUT2D eigenvalue weighted by Gasteiger charge is -2.03. The number of aromatic nitrogens is 2. The van der Waals surface area contributed by atoms with Crippen LogP contribution in [0.1, 0.15) is 24.1 Å². The molecule has 1 aromatic heterocycles. The molecule has 0 saturated carbocycles. The van der Waals surface area contributed by atoms with Gasteiger partial charge in [-0.25, -0.2) is 0 Å². The van der Waals surface area contributed by atoms with Crippen LogP contribution in [0.3, 0.4) is 0 Å². The van der Waals surface area contributed by atoms with Gasteiger partial charge in [0.1, 0.15) is 5.75 Å². The highest BCUT2D eigenvalue weighted by Gasteiger charge is 2.14. The molecule has 1 atom stereocenters. The number of benzene rings is 1. The highest BCUT2D eigenvalue weighted by Crippen LogP contribution is 2.27. The van der Waals surface area contributed by atoms with E-state index in [1.807, 2.05) is 6.92 Å². The Bertz CT molecular complexity index is 583. The molecule has 106 valence electrons. The molecule has 0 aliphatic carbocycles. The van der Waals surface area contributed by atoms with Crippen molar-refractivity contribution >= 4 is 21.8 Å². The number of nitrogens with two attached hydrogens (primary N) is 1. The molecule has 6 nitrogen and oxygen atoms in total. The molecule has 2 N–H and O–H groups in total. The molecule has 0 saturated heterocycles. The Morgan fingerprint density at radius 2 is 2.15 bits per heavy atom. The van der Waals surface area contributed by atoms with Crippen molar-refractivity contribution in [2.24, 2.45) is 5.73 Å². The van der Waals surface area contributed by atoms with Gasteiger partial charge in [-0.1, -0.05) is 28.0 Å². The standard InChI is InChI=1S/C13H14BrN3O3/c1-2-10(14)13-16-12(17-20-13)8-3-5-9(6-4-8)19-7-11(15)18/h3-6,10H,2,7H2,1H3,(H2,15,18). The summed E-state index contributed by atoms with van der Waals surface area (Å²) in [5.74, 6) is 1.11. The van der Waals surface area contributed by atoms with Crippen LogP contribution in [0.5, 0.6) is 5.75 Å². The molecule has 2 aromatic rings. The first kappa shape index (κ1) is 14.5. The molecule has 0 aliphatic heterocycles. The van der Waals surface area contributed by atoms with Gasteiger partial charge in [0, 0.05) is 5.56 Å². The van der Waals surface area contributed by atoms with Crippen LogP contribution < -0.4 is 10.5 Å². The van der Waals surface area contributed by atoms with Crippen molar-refractivity contribution in [1.29, 1.82) is 0 Å². The number of hydrogen-bond donors (Lipinski definition) is 1. The van der Waals surface area contributed by atoms with E-state index < -0.39 is 5.91 Å². The lowest BCUT2D eigenvalue weighted by molar-refractivity contribution is -0.119. The number of ether oxygens (including phenoxy) is 1.